The van der Waals surface area contributed by atoms with Gasteiger partial charge in [-0.3, -0.25) is 0 Å². The molecule has 0 aliphatic heterocycles. The number of hydrogen-bond donors (Lipinski definition) is 1. The fraction of sp³-hybridized carbons (Fsp3) is 0.182. The number of nitrogens with zero attached hydrogens (tertiary/aromatic N) is 2. The lowest BCUT2D eigenvalue weighted by molar-refractivity contribution is 0.0702. The SMILES string of the molecule is COc1c2cc(C(=O)O)sc2c(OC)c2nsnc12. The van der Waals surface area contributed by atoms with Crippen molar-refractivity contribution < 1.29 is 19.4 Å². The number of carbonyl (C=O) groups is 1. The Kier molecular flexibility index (Phi) is 2.76. The van der Waals surface area contributed by atoms with Crippen LogP contribution in [0.3, 0.4) is 0 Å². The summed E-state index contributed by atoms with van der Waals surface area (Å²) >= 11 is 2.20. The van der Waals surface area contributed by atoms with Crippen molar-refractivity contribution in [3.05, 3.63) is 10.9 Å². The lowest BCUT2D eigenvalue weighted by Gasteiger charge is -2.06. The molecule has 6 nitrogen and oxygen atoms in total. The van der Waals surface area contributed by atoms with Crippen LogP contribution in [0.1, 0.15) is 9.67 Å². The standard InChI is InChI=1S/C11H8N2O4S2/c1-16-8-4-3-5(11(14)15)18-10(4)9(17-2)7-6(8)12-19-13-7/h3H,1-2H3,(H,14,15). The van der Waals surface area contributed by atoms with E-state index in [4.69, 9.17) is 14.6 Å². The Morgan fingerprint density at radius 3 is 2.42 bits per heavy atom. The number of aromatic nitrogens is 2. The van der Waals surface area contributed by atoms with Crippen molar-refractivity contribution in [2.75, 3.05) is 14.2 Å². The van der Waals surface area contributed by atoms with Gasteiger partial charge in [0.1, 0.15) is 4.88 Å². The Labute approximate surface area is 115 Å². The van der Waals surface area contributed by atoms with E-state index in [-0.39, 0.29) is 4.88 Å². The van der Waals surface area contributed by atoms with Gasteiger partial charge in [-0.2, -0.15) is 8.75 Å². The molecule has 8 heteroatoms. The highest BCUT2D eigenvalue weighted by molar-refractivity contribution is 7.21. The lowest BCUT2D eigenvalue weighted by atomic mass is 10.2. The number of thiophene rings is 1. The molecule has 0 bridgehead atoms. The summed E-state index contributed by atoms with van der Waals surface area (Å²) in [4.78, 5) is 11.3. The summed E-state index contributed by atoms with van der Waals surface area (Å²) in [6.07, 6.45) is 0. The normalized spacial score (nSPS) is 11.1. The second kappa shape index (κ2) is 4.32. The Balaban J connectivity index is 2.52. The molecule has 0 aliphatic rings. The van der Waals surface area contributed by atoms with Gasteiger partial charge >= 0.3 is 5.97 Å². The molecule has 0 unspecified atom stereocenters. The van der Waals surface area contributed by atoms with E-state index < -0.39 is 5.97 Å². The number of aromatic carboxylic acids is 1. The molecule has 0 spiro atoms. The van der Waals surface area contributed by atoms with Gasteiger partial charge in [0.2, 0.25) is 0 Å². The minimum absolute atomic E-state index is 0.225. The van der Waals surface area contributed by atoms with E-state index >= 15 is 0 Å². The third-order valence-corrected chi connectivity index (χ3v) is 4.37. The smallest absolute Gasteiger partial charge is 0.345 e. The van der Waals surface area contributed by atoms with Crippen molar-refractivity contribution >= 4 is 50.2 Å². The van der Waals surface area contributed by atoms with E-state index in [1.165, 1.54) is 14.2 Å². The first-order valence-corrected chi connectivity index (χ1v) is 6.75. The molecule has 1 N–H and O–H groups in total. The van der Waals surface area contributed by atoms with Crippen LogP contribution in [0.25, 0.3) is 21.1 Å². The van der Waals surface area contributed by atoms with Crippen LogP contribution in [-0.4, -0.2) is 34.0 Å². The van der Waals surface area contributed by atoms with Gasteiger partial charge in [0.15, 0.2) is 22.5 Å². The molecular weight excluding hydrogens is 288 g/mol. The summed E-state index contributed by atoms with van der Waals surface area (Å²) in [6.45, 7) is 0. The van der Waals surface area contributed by atoms with Crippen LogP contribution in [0.5, 0.6) is 11.5 Å². The van der Waals surface area contributed by atoms with Crippen LogP contribution >= 0.6 is 23.1 Å². The molecule has 3 rings (SSSR count). The number of methoxy groups -OCH3 is 2. The Hall–Kier alpha value is -1.93. The van der Waals surface area contributed by atoms with E-state index in [2.05, 4.69) is 8.75 Å². The molecule has 0 radical (unpaired) electrons. The summed E-state index contributed by atoms with van der Waals surface area (Å²) < 4.78 is 19.8. The van der Waals surface area contributed by atoms with E-state index in [0.29, 0.717) is 32.6 Å². The zero-order valence-corrected chi connectivity index (χ0v) is 11.6. The summed E-state index contributed by atoms with van der Waals surface area (Å²) in [5, 5.41) is 9.78. The highest BCUT2D eigenvalue weighted by Crippen LogP contribution is 2.45. The maximum Gasteiger partial charge on any atom is 0.345 e. The second-order valence-corrected chi connectivity index (χ2v) is 5.27. The molecule has 3 aromatic rings. The zero-order chi connectivity index (χ0) is 13.6. The monoisotopic (exact) mass is 296 g/mol. The highest BCUT2D eigenvalue weighted by Gasteiger charge is 2.22. The van der Waals surface area contributed by atoms with Crippen molar-refractivity contribution in [3.63, 3.8) is 0 Å². The third-order valence-electron chi connectivity index (χ3n) is 2.72. The summed E-state index contributed by atoms with van der Waals surface area (Å²) in [7, 11) is 3.05. The van der Waals surface area contributed by atoms with Crippen LogP contribution < -0.4 is 9.47 Å². The number of carboxylic acids is 1. The van der Waals surface area contributed by atoms with Crippen molar-refractivity contribution in [1.82, 2.24) is 8.75 Å². The molecule has 2 aromatic heterocycles. The molecule has 0 atom stereocenters. The first kappa shape index (κ1) is 12.1. The molecule has 2 heterocycles. The Bertz CT molecular complexity index is 737. The van der Waals surface area contributed by atoms with Gasteiger partial charge in [-0.25, -0.2) is 4.79 Å². The minimum atomic E-state index is -0.978. The maximum atomic E-state index is 11.1. The lowest BCUT2D eigenvalue weighted by Crippen LogP contribution is -1.90. The number of rotatable bonds is 3. The quantitative estimate of drug-likeness (QED) is 0.800. The predicted molar refractivity (Wildman–Crippen MR) is 72.9 cm³/mol. The third kappa shape index (κ3) is 1.64. The van der Waals surface area contributed by atoms with Gasteiger partial charge in [-0.05, 0) is 6.07 Å². The number of fused-ring (bicyclic) bond motifs is 2. The maximum absolute atomic E-state index is 11.1. The van der Waals surface area contributed by atoms with Crippen molar-refractivity contribution in [3.8, 4) is 11.5 Å². The van der Waals surface area contributed by atoms with Crippen LogP contribution in [0.2, 0.25) is 0 Å². The van der Waals surface area contributed by atoms with Gasteiger partial charge in [-0.1, -0.05) is 0 Å². The Morgan fingerprint density at radius 1 is 1.21 bits per heavy atom. The van der Waals surface area contributed by atoms with Gasteiger partial charge in [0.05, 0.1) is 30.6 Å². The average Bonchev–Trinajstić information content (AvgIpc) is 3.01. The van der Waals surface area contributed by atoms with Gasteiger partial charge in [0, 0.05) is 5.39 Å². The van der Waals surface area contributed by atoms with Crippen molar-refractivity contribution in [2.45, 2.75) is 0 Å². The topological polar surface area (TPSA) is 81.5 Å². The average molecular weight is 296 g/mol. The van der Waals surface area contributed by atoms with E-state index in [0.717, 1.165) is 23.1 Å². The van der Waals surface area contributed by atoms with E-state index in [1.807, 2.05) is 0 Å². The van der Waals surface area contributed by atoms with E-state index in [1.54, 1.807) is 6.07 Å². The van der Waals surface area contributed by atoms with Crippen LogP contribution in [-0.2, 0) is 0 Å². The molecule has 0 saturated heterocycles. The molecule has 0 amide bonds. The van der Waals surface area contributed by atoms with Gasteiger partial charge in [0.25, 0.3) is 0 Å². The molecule has 19 heavy (non-hydrogen) atoms. The number of hydrogen-bond acceptors (Lipinski definition) is 7. The van der Waals surface area contributed by atoms with Gasteiger partial charge in [-0.15, -0.1) is 11.3 Å². The number of carboxylic acid groups (broad SMARTS) is 1. The molecule has 0 aliphatic carbocycles. The van der Waals surface area contributed by atoms with Crippen LogP contribution in [0.15, 0.2) is 6.07 Å². The molecule has 0 fully saturated rings. The first-order chi connectivity index (χ1) is 9.17. The first-order valence-electron chi connectivity index (χ1n) is 5.20. The Morgan fingerprint density at radius 2 is 1.84 bits per heavy atom. The molecule has 98 valence electrons. The molecule has 0 saturated carbocycles. The van der Waals surface area contributed by atoms with Crippen LogP contribution in [0, 0.1) is 0 Å². The predicted octanol–water partition coefficient (Wildman–Crippen LogP) is 2.62. The van der Waals surface area contributed by atoms with Crippen molar-refractivity contribution in [1.29, 1.82) is 0 Å². The molecule has 1 aromatic carbocycles. The fourth-order valence-electron chi connectivity index (χ4n) is 1.95. The molecular formula is C11H8N2O4S2. The number of benzene rings is 1. The summed E-state index contributed by atoms with van der Waals surface area (Å²) in [6, 6.07) is 1.57. The fourth-order valence-corrected chi connectivity index (χ4v) is 3.51. The number of ether oxygens (including phenoxy) is 2. The highest BCUT2D eigenvalue weighted by atomic mass is 32.1. The largest absolute Gasteiger partial charge is 0.494 e. The minimum Gasteiger partial charge on any atom is -0.494 e. The van der Waals surface area contributed by atoms with Crippen molar-refractivity contribution in [2.24, 2.45) is 0 Å². The van der Waals surface area contributed by atoms with Crippen LogP contribution in [0.4, 0.5) is 0 Å². The summed E-state index contributed by atoms with van der Waals surface area (Å²) in [5.41, 5.74) is 1.18. The second-order valence-electron chi connectivity index (χ2n) is 3.69. The van der Waals surface area contributed by atoms with Gasteiger partial charge < -0.3 is 14.6 Å². The summed E-state index contributed by atoms with van der Waals surface area (Å²) in [5.74, 6) is 0.0917. The van der Waals surface area contributed by atoms with E-state index in [9.17, 15) is 4.79 Å². The zero-order valence-electron chi connectivity index (χ0n) is 9.96.